The zero-order valence-electron chi connectivity index (χ0n) is 15.7. The molecule has 0 saturated heterocycles. The van der Waals surface area contributed by atoms with Crippen LogP contribution in [0.25, 0.3) is 0 Å². The summed E-state index contributed by atoms with van der Waals surface area (Å²) in [6, 6.07) is 7.01. The van der Waals surface area contributed by atoms with E-state index in [4.69, 9.17) is 9.47 Å². The van der Waals surface area contributed by atoms with Crippen LogP contribution in [0.2, 0.25) is 0 Å². The molecule has 0 aliphatic rings. The maximum atomic E-state index is 12.5. The lowest BCUT2D eigenvalue weighted by Gasteiger charge is -2.13. The highest BCUT2D eigenvalue weighted by Crippen LogP contribution is 2.29. The molecule has 2 rings (SSSR count). The van der Waals surface area contributed by atoms with Crippen molar-refractivity contribution < 1.29 is 14.3 Å². The summed E-state index contributed by atoms with van der Waals surface area (Å²) in [7, 11) is 7.21. The molecule has 0 spiro atoms. The summed E-state index contributed by atoms with van der Waals surface area (Å²) in [6.07, 6.45) is 4.25. The molecule has 1 aromatic carbocycles. The molecule has 2 aromatic rings. The van der Waals surface area contributed by atoms with E-state index in [0.717, 1.165) is 25.2 Å². The summed E-state index contributed by atoms with van der Waals surface area (Å²) < 4.78 is 10.5. The largest absolute Gasteiger partial charge is 0.497 e. The fourth-order valence-electron chi connectivity index (χ4n) is 2.39. The van der Waals surface area contributed by atoms with Crippen LogP contribution >= 0.6 is 0 Å². The normalized spacial score (nSPS) is 10.5. The Kier molecular flexibility index (Phi) is 7.23. The molecule has 1 heterocycles. The van der Waals surface area contributed by atoms with Gasteiger partial charge < -0.3 is 25.0 Å². The molecule has 0 fully saturated rings. The Balaban J connectivity index is 2.02. The number of nitrogens with one attached hydrogen (secondary N) is 2. The Morgan fingerprint density at radius 3 is 2.65 bits per heavy atom. The number of rotatable bonds is 9. The molecule has 7 heteroatoms. The molecule has 0 aliphatic carbocycles. The third-order valence-corrected chi connectivity index (χ3v) is 3.77. The van der Waals surface area contributed by atoms with E-state index in [1.54, 1.807) is 44.7 Å². The molecule has 7 nitrogen and oxygen atoms in total. The van der Waals surface area contributed by atoms with Crippen molar-refractivity contribution in [2.45, 2.75) is 6.42 Å². The number of methoxy groups -OCH3 is 2. The first kappa shape index (κ1) is 19.5. The standard InChI is InChI=1S/C19H26N4O3/c1-23(2)9-5-8-21-15-10-14(12-20-13-15)19(24)22-17-7-6-16(25-3)11-18(17)26-4/h6-7,10-13,21H,5,8-9H2,1-4H3,(H,22,24). The van der Waals surface area contributed by atoms with Crippen molar-refractivity contribution in [3.05, 3.63) is 42.2 Å². The summed E-state index contributed by atoms with van der Waals surface area (Å²) >= 11 is 0. The third kappa shape index (κ3) is 5.63. The zero-order valence-corrected chi connectivity index (χ0v) is 15.7. The van der Waals surface area contributed by atoms with Crippen LogP contribution in [0.1, 0.15) is 16.8 Å². The van der Waals surface area contributed by atoms with Gasteiger partial charge in [0.05, 0.1) is 31.2 Å². The number of carbonyl (C=O) groups is 1. The highest BCUT2D eigenvalue weighted by atomic mass is 16.5. The van der Waals surface area contributed by atoms with Gasteiger partial charge in [-0.15, -0.1) is 0 Å². The average molecular weight is 358 g/mol. The summed E-state index contributed by atoms with van der Waals surface area (Å²) in [4.78, 5) is 18.8. The fourth-order valence-corrected chi connectivity index (χ4v) is 2.39. The Morgan fingerprint density at radius 1 is 1.15 bits per heavy atom. The van der Waals surface area contributed by atoms with Crippen LogP contribution < -0.4 is 20.1 Å². The van der Waals surface area contributed by atoms with Crippen LogP contribution in [0, 0.1) is 0 Å². The molecule has 0 radical (unpaired) electrons. The van der Waals surface area contributed by atoms with Gasteiger partial charge in [0, 0.05) is 25.0 Å². The first-order chi connectivity index (χ1) is 12.5. The molecule has 0 atom stereocenters. The number of hydrogen-bond donors (Lipinski definition) is 2. The van der Waals surface area contributed by atoms with Gasteiger partial charge in [0.25, 0.3) is 5.91 Å². The van der Waals surface area contributed by atoms with Crippen molar-refractivity contribution in [3.8, 4) is 11.5 Å². The number of amides is 1. The molecule has 2 N–H and O–H groups in total. The third-order valence-electron chi connectivity index (χ3n) is 3.77. The van der Waals surface area contributed by atoms with E-state index in [2.05, 4.69) is 20.5 Å². The van der Waals surface area contributed by atoms with Gasteiger partial charge >= 0.3 is 0 Å². The maximum Gasteiger partial charge on any atom is 0.257 e. The number of pyridine rings is 1. The maximum absolute atomic E-state index is 12.5. The van der Waals surface area contributed by atoms with Gasteiger partial charge in [0.2, 0.25) is 0 Å². The van der Waals surface area contributed by atoms with Crippen LogP contribution in [-0.4, -0.2) is 57.2 Å². The van der Waals surface area contributed by atoms with Gasteiger partial charge in [0.1, 0.15) is 11.5 Å². The minimum absolute atomic E-state index is 0.252. The van der Waals surface area contributed by atoms with Gasteiger partial charge in [-0.05, 0) is 45.3 Å². The van der Waals surface area contributed by atoms with E-state index in [0.29, 0.717) is 22.7 Å². The van der Waals surface area contributed by atoms with E-state index < -0.39 is 0 Å². The first-order valence-corrected chi connectivity index (χ1v) is 8.40. The fraction of sp³-hybridized carbons (Fsp3) is 0.368. The zero-order chi connectivity index (χ0) is 18.9. The summed E-state index contributed by atoms with van der Waals surface area (Å²) in [5, 5.41) is 6.13. The van der Waals surface area contributed by atoms with Gasteiger partial charge in [-0.1, -0.05) is 0 Å². The van der Waals surface area contributed by atoms with Crippen LogP contribution in [0.15, 0.2) is 36.7 Å². The number of nitrogens with zero attached hydrogens (tertiary/aromatic N) is 2. The van der Waals surface area contributed by atoms with Gasteiger partial charge in [-0.25, -0.2) is 0 Å². The molecule has 26 heavy (non-hydrogen) atoms. The second-order valence-electron chi connectivity index (χ2n) is 6.07. The van der Waals surface area contributed by atoms with Crippen LogP contribution in [0.5, 0.6) is 11.5 Å². The molecular weight excluding hydrogens is 332 g/mol. The molecular formula is C19H26N4O3. The molecule has 0 saturated carbocycles. The second-order valence-corrected chi connectivity index (χ2v) is 6.07. The van der Waals surface area contributed by atoms with Crippen molar-refractivity contribution in [1.29, 1.82) is 0 Å². The number of ether oxygens (including phenoxy) is 2. The molecule has 0 unspecified atom stereocenters. The smallest absolute Gasteiger partial charge is 0.257 e. The Morgan fingerprint density at radius 2 is 1.96 bits per heavy atom. The first-order valence-electron chi connectivity index (χ1n) is 8.40. The van der Waals surface area contributed by atoms with Crippen LogP contribution in [0.4, 0.5) is 11.4 Å². The van der Waals surface area contributed by atoms with Crippen molar-refractivity contribution in [2.75, 3.05) is 52.0 Å². The molecule has 1 aromatic heterocycles. The predicted octanol–water partition coefficient (Wildman–Crippen LogP) is 2.71. The van der Waals surface area contributed by atoms with Crippen molar-refractivity contribution in [3.63, 3.8) is 0 Å². The van der Waals surface area contributed by atoms with Crippen LogP contribution in [0.3, 0.4) is 0 Å². The van der Waals surface area contributed by atoms with E-state index in [1.165, 1.54) is 6.20 Å². The van der Waals surface area contributed by atoms with E-state index in [9.17, 15) is 4.79 Å². The van der Waals surface area contributed by atoms with Gasteiger partial charge in [-0.2, -0.15) is 0 Å². The number of hydrogen-bond acceptors (Lipinski definition) is 6. The molecule has 0 aliphatic heterocycles. The lowest BCUT2D eigenvalue weighted by molar-refractivity contribution is 0.102. The second kappa shape index (κ2) is 9.62. The lowest BCUT2D eigenvalue weighted by Crippen LogP contribution is -2.17. The van der Waals surface area contributed by atoms with Gasteiger partial charge in [-0.3, -0.25) is 9.78 Å². The highest BCUT2D eigenvalue weighted by molar-refractivity contribution is 6.05. The molecule has 1 amide bonds. The minimum atomic E-state index is -0.252. The number of aromatic nitrogens is 1. The summed E-state index contributed by atoms with van der Waals surface area (Å²) in [6.45, 7) is 1.81. The highest BCUT2D eigenvalue weighted by Gasteiger charge is 2.12. The number of benzene rings is 1. The number of carbonyl (C=O) groups excluding carboxylic acids is 1. The SMILES string of the molecule is COc1ccc(NC(=O)c2cncc(NCCCN(C)C)c2)c(OC)c1. The number of anilines is 2. The Bertz CT molecular complexity index is 734. The van der Waals surface area contributed by atoms with Crippen LogP contribution in [-0.2, 0) is 0 Å². The predicted molar refractivity (Wildman–Crippen MR) is 103 cm³/mol. The monoisotopic (exact) mass is 358 g/mol. The topological polar surface area (TPSA) is 75.7 Å². The minimum Gasteiger partial charge on any atom is -0.497 e. The molecule has 140 valence electrons. The lowest BCUT2D eigenvalue weighted by atomic mass is 10.2. The molecule has 0 bridgehead atoms. The average Bonchev–Trinajstić information content (AvgIpc) is 2.65. The van der Waals surface area contributed by atoms with Crippen molar-refractivity contribution in [1.82, 2.24) is 9.88 Å². The Hall–Kier alpha value is -2.80. The van der Waals surface area contributed by atoms with E-state index >= 15 is 0 Å². The van der Waals surface area contributed by atoms with E-state index in [1.807, 2.05) is 14.1 Å². The van der Waals surface area contributed by atoms with Crippen molar-refractivity contribution >= 4 is 17.3 Å². The van der Waals surface area contributed by atoms with Gasteiger partial charge in [0.15, 0.2) is 0 Å². The quantitative estimate of drug-likeness (QED) is 0.671. The van der Waals surface area contributed by atoms with E-state index in [-0.39, 0.29) is 5.91 Å². The summed E-state index contributed by atoms with van der Waals surface area (Å²) in [5.74, 6) is 0.937. The van der Waals surface area contributed by atoms with Crippen molar-refractivity contribution in [2.24, 2.45) is 0 Å². The summed E-state index contributed by atoms with van der Waals surface area (Å²) in [5.41, 5.74) is 1.86. The Labute approximate surface area is 154 Å².